The van der Waals surface area contributed by atoms with Crippen molar-refractivity contribution in [1.29, 1.82) is 0 Å². The highest BCUT2D eigenvalue weighted by molar-refractivity contribution is 6.05. The fraction of sp³-hybridized carbons (Fsp3) is 0.300. The summed E-state index contributed by atoms with van der Waals surface area (Å²) in [4.78, 5) is 29.1. The summed E-state index contributed by atoms with van der Waals surface area (Å²) in [6.45, 7) is 4.03. The summed E-state index contributed by atoms with van der Waals surface area (Å²) in [7, 11) is 2.07. The van der Waals surface area contributed by atoms with Crippen LogP contribution < -0.4 is 5.32 Å². The molecule has 1 N–H and O–H groups in total. The van der Waals surface area contributed by atoms with Gasteiger partial charge in [0.15, 0.2) is 5.78 Å². The number of halogens is 1. The molecule has 2 aromatic rings. The highest BCUT2D eigenvalue weighted by Crippen LogP contribution is 2.14. The van der Waals surface area contributed by atoms with Crippen molar-refractivity contribution in [2.24, 2.45) is 0 Å². The number of ketones is 1. The number of hydrogen-bond donors (Lipinski definition) is 1. The molecule has 0 aromatic heterocycles. The molecule has 26 heavy (non-hydrogen) atoms. The summed E-state index contributed by atoms with van der Waals surface area (Å²) in [6, 6.07) is 12.3. The predicted molar refractivity (Wildman–Crippen MR) is 99.1 cm³/mol. The summed E-state index contributed by atoms with van der Waals surface area (Å²) >= 11 is 0. The number of carbonyl (C=O) groups excluding carboxylic acids is 2. The SMILES string of the molecule is CN1CCN(CC(=O)c2cccc(NC(=O)c3cccc(F)c3)c2)CC1. The average Bonchev–Trinajstić information content (AvgIpc) is 2.64. The standard InChI is InChI=1S/C20H22FN3O2/c1-23-8-10-24(11-9-23)14-19(25)15-4-3-7-18(13-15)22-20(26)16-5-2-6-17(21)12-16/h2-7,12-13H,8-11,14H2,1H3,(H,22,26). The number of benzene rings is 2. The Bertz CT molecular complexity index is 801. The molecule has 3 rings (SSSR count). The van der Waals surface area contributed by atoms with E-state index in [2.05, 4.69) is 22.2 Å². The first-order chi connectivity index (χ1) is 12.5. The predicted octanol–water partition coefficient (Wildman–Crippen LogP) is 2.51. The lowest BCUT2D eigenvalue weighted by Gasteiger charge is -2.31. The Morgan fingerprint density at radius 1 is 1.00 bits per heavy atom. The largest absolute Gasteiger partial charge is 0.322 e. The second-order valence-electron chi connectivity index (χ2n) is 6.55. The number of Topliss-reactive ketones (excluding diaryl/α,β-unsaturated/α-hetero) is 1. The number of rotatable bonds is 5. The summed E-state index contributed by atoms with van der Waals surface area (Å²) in [6.07, 6.45) is 0. The van der Waals surface area contributed by atoms with E-state index >= 15 is 0 Å². The fourth-order valence-corrected chi connectivity index (χ4v) is 2.90. The molecule has 1 saturated heterocycles. The molecule has 136 valence electrons. The van der Waals surface area contributed by atoms with Gasteiger partial charge in [0.25, 0.3) is 5.91 Å². The lowest BCUT2D eigenvalue weighted by Crippen LogP contribution is -2.46. The first-order valence-electron chi connectivity index (χ1n) is 8.62. The molecular weight excluding hydrogens is 333 g/mol. The Morgan fingerprint density at radius 3 is 2.42 bits per heavy atom. The molecule has 0 atom stereocenters. The van der Waals surface area contributed by atoms with Gasteiger partial charge in [-0.05, 0) is 37.4 Å². The van der Waals surface area contributed by atoms with Crippen molar-refractivity contribution in [1.82, 2.24) is 9.80 Å². The minimum Gasteiger partial charge on any atom is -0.322 e. The van der Waals surface area contributed by atoms with Crippen LogP contribution in [-0.2, 0) is 0 Å². The zero-order valence-electron chi connectivity index (χ0n) is 14.7. The minimum atomic E-state index is -0.464. The van der Waals surface area contributed by atoms with Crippen molar-refractivity contribution in [2.45, 2.75) is 0 Å². The molecule has 2 aromatic carbocycles. The molecule has 1 aliphatic heterocycles. The van der Waals surface area contributed by atoms with Crippen molar-refractivity contribution in [3.8, 4) is 0 Å². The molecule has 1 aliphatic rings. The van der Waals surface area contributed by atoms with Gasteiger partial charge in [-0.2, -0.15) is 0 Å². The van der Waals surface area contributed by atoms with Gasteiger partial charge in [-0.1, -0.05) is 18.2 Å². The molecular formula is C20H22FN3O2. The number of hydrogen-bond acceptors (Lipinski definition) is 4. The van der Waals surface area contributed by atoms with Gasteiger partial charge in [-0.15, -0.1) is 0 Å². The van der Waals surface area contributed by atoms with Gasteiger partial charge in [0.05, 0.1) is 6.54 Å². The lowest BCUT2D eigenvalue weighted by molar-refractivity contribution is 0.0876. The highest BCUT2D eigenvalue weighted by Gasteiger charge is 2.18. The van der Waals surface area contributed by atoms with Crippen LogP contribution in [0, 0.1) is 5.82 Å². The third-order valence-corrected chi connectivity index (χ3v) is 4.49. The summed E-state index contributed by atoms with van der Waals surface area (Å²) < 4.78 is 13.3. The van der Waals surface area contributed by atoms with Crippen molar-refractivity contribution < 1.29 is 14.0 Å². The van der Waals surface area contributed by atoms with E-state index in [1.165, 1.54) is 18.2 Å². The molecule has 1 heterocycles. The molecule has 1 fully saturated rings. The van der Waals surface area contributed by atoms with E-state index in [9.17, 15) is 14.0 Å². The first kappa shape index (κ1) is 18.2. The summed E-state index contributed by atoms with van der Waals surface area (Å²) in [5.74, 6) is -0.849. The Kier molecular flexibility index (Phi) is 5.75. The normalized spacial score (nSPS) is 15.6. The van der Waals surface area contributed by atoms with Gasteiger partial charge >= 0.3 is 0 Å². The van der Waals surface area contributed by atoms with Gasteiger partial charge in [0.2, 0.25) is 0 Å². The van der Waals surface area contributed by atoms with E-state index in [4.69, 9.17) is 0 Å². The number of piperazine rings is 1. The fourth-order valence-electron chi connectivity index (χ4n) is 2.90. The van der Waals surface area contributed by atoms with Crippen molar-refractivity contribution in [3.63, 3.8) is 0 Å². The van der Waals surface area contributed by atoms with Gasteiger partial charge in [0.1, 0.15) is 5.82 Å². The van der Waals surface area contributed by atoms with E-state index < -0.39 is 11.7 Å². The molecule has 1 amide bonds. The van der Waals surface area contributed by atoms with Crippen LogP contribution >= 0.6 is 0 Å². The van der Waals surface area contributed by atoms with Crippen LogP contribution in [0.25, 0.3) is 0 Å². The van der Waals surface area contributed by atoms with E-state index in [0.717, 1.165) is 26.2 Å². The molecule has 5 nitrogen and oxygen atoms in total. The molecule has 0 aliphatic carbocycles. The van der Waals surface area contributed by atoms with Crippen molar-refractivity contribution >= 4 is 17.4 Å². The maximum Gasteiger partial charge on any atom is 0.255 e. The molecule has 0 radical (unpaired) electrons. The molecule has 0 spiro atoms. The average molecular weight is 355 g/mol. The van der Waals surface area contributed by atoms with Gasteiger partial charge in [0, 0.05) is 43.0 Å². The topological polar surface area (TPSA) is 52.6 Å². The first-order valence-corrected chi connectivity index (χ1v) is 8.62. The van der Waals surface area contributed by atoms with E-state index in [-0.39, 0.29) is 11.3 Å². The number of nitrogens with zero attached hydrogens (tertiary/aromatic N) is 2. The van der Waals surface area contributed by atoms with Crippen LogP contribution in [0.3, 0.4) is 0 Å². The maximum atomic E-state index is 13.3. The second kappa shape index (κ2) is 8.21. The van der Waals surface area contributed by atoms with Gasteiger partial charge in [-0.3, -0.25) is 14.5 Å². The minimum absolute atomic E-state index is 0.0245. The quantitative estimate of drug-likeness (QED) is 0.838. The molecule has 6 heteroatoms. The Balaban J connectivity index is 1.64. The lowest BCUT2D eigenvalue weighted by atomic mass is 10.1. The number of carbonyl (C=O) groups is 2. The Hall–Kier alpha value is -2.57. The number of nitrogens with one attached hydrogen (secondary N) is 1. The second-order valence-corrected chi connectivity index (χ2v) is 6.55. The third kappa shape index (κ3) is 4.74. The Labute approximate surface area is 152 Å². The third-order valence-electron chi connectivity index (χ3n) is 4.49. The van der Waals surface area contributed by atoms with E-state index in [0.29, 0.717) is 17.8 Å². The van der Waals surface area contributed by atoms with Crippen LogP contribution in [0.4, 0.5) is 10.1 Å². The number of anilines is 1. The number of amides is 1. The van der Waals surface area contributed by atoms with Crippen LogP contribution in [0.15, 0.2) is 48.5 Å². The summed E-state index contributed by atoms with van der Waals surface area (Å²) in [5.41, 5.74) is 1.31. The van der Waals surface area contributed by atoms with Crippen LogP contribution in [0.1, 0.15) is 20.7 Å². The van der Waals surface area contributed by atoms with E-state index in [1.54, 1.807) is 30.3 Å². The van der Waals surface area contributed by atoms with Crippen LogP contribution in [0.2, 0.25) is 0 Å². The molecule has 0 unspecified atom stereocenters. The molecule has 0 bridgehead atoms. The van der Waals surface area contributed by atoms with Crippen molar-refractivity contribution in [2.75, 3.05) is 45.1 Å². The van der Waals surface area contributed by atoms with Gasteiger partial charge in [-0.25, -0.2) is 4.39 Å². The maximum absolute atomic E-state index is 13.3. The zero-order valence-corrected chi connectivity index (χ0v) is 14.7. The molecule has 0 saturated carbocycles. The van der Waals surface area contributed by atoms with E-state index in [1.807, 2.05) is 0 Å². The number of likely N-dealkylation sites (N-methyl/N-ethyl adjacent to an activating group) is 1. The van der Waals surface area contributed by atoms with Gasteiger partial charge < -0.3 is 10.2 Å². The van der Waals surface area contributed by atoms with Crippen molar-refractivity contribution in [3.05, 3.63) is 65.5 Å². The Morgan fingerprint density at radius 2 is 1.69 bits per heavy atom. The van der Waals surface area contributed by atoms with Crippen LogP contribution in [0.5, 0.6) is 0 Å². The smallest absolute Gasteiger partial charge is 0.255 e. The van der Waals surface area contributed by atoms with Crippen LogP contribution in [-0.4, -0.2) is 61.3 Å². The highest BCUT2D eigenvalue weighted by atomic mass is 19.1. The zero-order chi connectivity index (χ0) is 18.5. The monoisotopic (exact) mass is 355 g/mol. The summed E-state index contributed by atoms with van der Waals surface area (Å²) in [5, 5.41) is 2.71.